The van der Waals surface area contributed by atoms with Crippen molar-refractivity contribution in [1.82, 2.24) is 10.6 Å². The van der Waals surface area contributed by atoms with E-state index in [1.807, 2.05) is 6.92 Å². The molecule has 0 bridgehead atoms. The lowest BCUT2D eigenvalue weighted by atomic mass is 9.77. The van der Waals surface area contributed by atoms with Crippen LogP contribution >= 0.6 is 0 Å². The van der Waals surface area contributed by atoms with Crippen molar-refractivity contribution in [2.45, 2.75) is 71.4 Å². The van der Waals surface area contributed by atoms with Crippen molar-refractivity contribution < 1.29 is 14.7 Å². The summed E-state index contributed by atoms with van der Waals surface area (Å²) >= 11 is 0. The van der Waals surface area contributed by atoms with Gasteiger partial charge in [0.25, 0.3) is 0 Å². The Labute approximate surface area is 121 Å². The molecule has 0 radical (unpaired) electrons. The predicted molar refractivity (Wildman–Crippen MR) is 78.6 cm³/mol. The van der Waals surface area contributed by atoms with E-state index in [0.29, 0.717) is 24.7 Å². The monoisotopic (exact) mass is 284 g/mol. The highest BCUT2D eigenvalue weighted by Gasteiger charge is 2.42. The Hall–Kier alpha value is -1.26. The molecule has 1 aliphatic rings. The van der Waals surface area contributed by atoms with E-state index < -0.39 is 11.5 Å². The molecule has 5 nitrogen and oxygen atoms in total. The van der Waals surface area contributed by atoms with Crippen LogP contribution < -0.4 is 10.6 Å². The van der Waals surface area contributed by atoms with Gasteiger partial charge in [-0.3, -0.25) is 0 Å². The summed E-state index contributed by atoms with van der Waals surface area (Å²) in [4.78, 5) is 23.6. The Morgan fingerprint density at radius 1 is 1.30 bits per heavy atom. The molecule has 0 aromatic rings. The highest BCUT2D eigenvalue weighted by molar-refractivity contribution is 5.86. The zero-order valence-electron chi connectivity index (χ0n) is 13.0. The van der Waals surface area contributed by atoms with E-state index in [1.54, 1.807) is 0 Å². The normalized spacial score (nSPS) is 29.3. The summed E-state index contributed by atoms with van der Waals surface area (Å²) in [6, 6.07) is -0.330. The molecule has 0 aromatic heterocycles. The van der Waals surface area contributed by atoms with E-state index in [0.717, 1.165) is 19.3 Å². The Morgan fingerprint density at radius 3 is 2.30 bits per heavy atom. The number of amides is 2. The lowest BCUT2D eigenvalue weighted by molar-refractivity contribution is -0.146. The lowest BCUT2D eigenvalue weighted by Crippen LogP contribution is -2.59. The Bertz CT molecular complexity index is 349. The smallest absolute Gasteiger partial charge is 0.329 e. The largest absolute Gasteiger partial charge is 0.480 e. The minimum atomic E-state index is -1.09. The van der Waals surface area contributed by atoms with Crippen molar-refractivity contribution in [1.29, 1.82) is 0 Å². The van der Waals surface area contributed by atoms with Crippen LogP contribution in [0.4, 0.5) is 4.79 Å². The SMILES string of the molecule is CCC(C)C(C)NC(=O)NC1(C(=O)O)CCC(C)CC1. The van der Waals surface area contributed by atoms with Crippen LogP contribution in [0, 0.1) is 11.8 Å². The summed E-state index contributed by atoms with van der Waals surface area (Å²) in [6.07, 6.45) is 3.67. The van der Waals surface area contributed by atoms with E-state index in [1.165, 1.54) is 0 Å². The number of carbonyl (C=O) groups excluding carboxylic acids is 1. The van der Waals surface area contributed by atoms with Gasteiger partial charge in [-0.15, -0.1) is 0 Å². The molecule has 20 heavy (non-hydrogen) atoms. The van der Waals surface area contributed by atoms with Gasteiger partial charge in [-0.2, -0.15) is 0 Å². The van der Waals surface area contributed by atoms with Gasteiger partial charge in [0.15, 0.2) is 0 Å². The van der Waals surface area contributed by atoms with E-state index in [4.69, 9.17) is 0 Å². The number of carboxylic acids is 1. The van der Waals surface area contributed by atoms with Crippen LogP contribution in [-0.2, 0) is 4.79 Å². The summed E-state index contributed by atoms with van der Waals surface area (Å²) < 4.78 is 0. The Kier molecular flexibility index (Phi) is 5.84. The molecule has 3 N–H and O–H groups in total. The maximum Gasteiger partial charge on any atom is 0.329 e. The molecule has 1 saturated carbocycles. The third-order valence-corrected chi connectivity index (χ3v) is 4.75. The number of hydrogen-bond donors (Lipinski definition) is 3. The lowest BCUT2D eigenvalue weighted by Gasteiger charge is -2.36. The fourth-order valence-electron chi connectivity index (χ4n) is 2.60. The first-order valence-corrected chi connectivity index (χ1v) is 7.62. The predicted octanol–water partition coefficient (Wildman–Crippen LogP) is 2.75. The van der Waals surface area contributed by atoms with Gasteiger partial charge in [0.2, 0.25) is 0 Å². The molecule has 116 valence electrons. The molecule has 2 unspecified atom stereocenters. The third-order valence-electron chi connectivity index (χ3n) is 4.75. The van der Waals surface area contributed by atoms with Crippen LogP contribution in [-0.4, -0.2) is 28.7 Å². The molecule has 1 rings (SSSR count). The van der Waals surface area contributed by atoms with Crippen molar-refractivity contribution in [3.8, 4) is 0 Å². The fraction of sp³-hybridized carbons (Fsp3) is 0.867. The Morgan fingerprint density at radius 2 is 1.85 bits per heavy atom. The maximum atomic E-state index is 12.0. The molecule has 0 spiro atoms. The molecular formula is C15H28N2O3. The van der Waals surface area contributed by atoms with Crippen molar-refractivity contribution in [3.63, 3.8) is 0 Å². The van der Waals surface area contributed by atoms with Gasteiger partial charge in [-0.1, -0.05) is 27.2 Å². The topological polar surface area (TPSA) is 78.4 Å². The quantitative estimate of drug-likeness (QED) is 0.726. The van der Waals surface area contributed by atoms with Gasteiger partial charge >= 0.3 is 12.0 Å². The average Bonchev–Trinajstić information content (AvgIpc) is 2.40. The summed E-state index contributed by atoms with van der Waals surface area (Å²) in [5.74, 6) is -0.0185. The minimum absolute atomic E-state index is 0.0355. The molecule has 2 amide bonds. The van der Waals surface area contributed by atoms with Gasteiger partial charge in [0, 0.05) is 6.04 Å². The van der Waals surface area contributed by atoms with E-state index >= 15 is 0 Å². The molecule has 5 heteroatoms. The molecule has 0 aromatic carbocycles. The van der Waals surface area contributed by atoms with Gasteiger partial charge in [0.05, 0.1) is 0 Å². The average molecular weight is 284 g/mol. The zero-order chi connectivity index (χ0) is 15.3. The number of urea groups is 1. The van der Waals surface area contributed by atoms with Crippen LogP contribution in [0.1, 0.15) is 59.8 Å². The molecular weight excluding hydrogens is 256 g/mol. The van der Waals surface area contributed by atoms with Crippen LogP contribution in [0.5, 0.6) is 0 Å². The molecule has 2 atom stereocenters. The number of nitrogens with one attached hydrogen (secondary N) is 2. The molecule has 0 aliphatic heterocycles. The molecule has 0 saturated heterocycles. The van der Waals surface area contributed by atoms with E-state index in [9.17, 15) is 14.7 Å². The van der Waals surface area contributed by atoms with Crippen molar-refractivity contribution in [3.05, 3.63) is 0 Å². The van der Waals surface area contributed by atoms with Gasteiger partial charge in [0.1, 0.15) is 5.54 Å². The van der Waals surface area contributed by atoms with Crippen LogP contribution in [0.3, 0.4) is 0 Å². The minimum Gasteiger partial charge on any atom is -0.480 e. The highest BCUT2D eigenvalue weighted by atomic mass is 16.4. The van der Waals surface area contributed by atoms with Crippen molar-refractivity contribution >= 4 is 12.0 Å². The second-order valence-corrected chi connectivity index (χ2v) is 6.34. The van der Waals surface area contributed by atoms with Gasteiger partial charge in [-0.05, 0) is 44.4 Å². The second kappa shape index (κ2) is 6.95. The zero-order valence-corrected chi connectivity index (χ0v) is 13.0. The summed E-state index contributed by atoms with van der Waals surface area (Å²) in [5, 5.41) is 15.0. The first-order chi connectivity index (χ1) is 9.30. The van der Waals surface area contributed by atoms with Gasteiger partial charge in [-0.25, -0.2) is 9.59 Å². The van der Waals surface area contributed by atoms with Crippen molar-refractivity contribution in [2.75, 3.05) is 0 Å². The number of aliphatic carboxylic acids is 1. The highest BCUT2D eigenvalue weighted by Crippen LogP contribution is 2.32. The fourth-order valence-corrected chi connectivity index (χ4v) is 2.60. The summed E-state index contributed by atoms with van der Waals surface area (Å²) in [6.45, 7) is 8.21. The molecule has 1 aliphatic carbocycles. The first kappa shape index (κ1) is 16.8. The van der Waals surface area contributed by atoms with E-state index in [-0.39, 0.29) is 12.1 Å². The molecule has 1 fully saturated rings. The Balaban J connectivity index is 2.63. The van der Waals surface area contributed by atoms with E-state index in [2.05, 4.69) is 31.4 Å². The van der Waals surface area contributed by atoms with Crippen molar-refractivity contribution in [2.24, 2.45) is 11.8 Å². The van der Waals surface area contributed by atoms with Crippen LogP contribution in [0.25, 0.3) is 0 Å². The summed E-state index contributed by atoms with van der Waals surface area (Å²) in [5.41, 5.74) is -1.09. The summed E-state index contributed by atoms with van der Waals surface area (Å²) in [7, 11) is 0. The second-order valence-electron chi connectivity index (χ2n) is 6.34. The third kappa shape index (κ3) is 4.12. The van der Waals surface area contributed by atoms with Gasteiger partial charge < -0.3 is 15.7 Å². The first-order valence-electron chi connectivity index (χ1n) is 7.62. The standard InChI is InChI=1S/C15H28N2O3/c1-5-11(3)12(4)16-14(20)17-15(13(18)19)8-6-10(2)7-9-15/h10-12H,5-9H2,1-4H3,(H,18,19)(H2,16,17,20). The maximum absolute atomic E-state index is 12.0. The van der Waals surface area contributed by atoms with Crippen LogP contribution in [0.2, 0.25) is 0 Å². The van der Waals surface area contributed by atoms with Crippen LogP contribution in [0.15, 0.2) is 0 Å². The number of rotatable bonds is 5. The number of carboxylic acid groups (broad SMARTS) is 1. The molecule has 0 heterocycles. The number of carbonyl (C=O) groups is 2. The number of hydrogen-bond acceptors (Lipinski definition) is 2.